The van der Waals surface area contributed by atoms with Crippen molar-refractivity contribution < 1.29 is 0 Å². The molecular weight excluding hydrogens is 629 g/mol. The van der Waals surface area contributed by atoms with Crippen molar-refractivity contribution in [3.8, 4) is 11.1 Å². The van der Waals surface area contributed by atoms with Crippen molar-refractivity contribution in [3.63, 3.8) is 0 Å². The predicted molar refractivity (Wildman–Crippen MR) is 226 cm³/mol. The Morgan fingerprint density at radius 3 is 1.25 bits per heavy atom. The second-order valence-corrected chi connectivity index (χ2v) is 13.3. The molecule has 0 bridgehead atoms. The van der Waals surface area contributed by atoms with Crippen molar-refractivity contribution in [2.24, 2.45) is 0 Å². The number of aryl methyl sites for hydroxylation is 3. The third-order valence-electron chi connectivity index (χ3n) is 9.48. The Bertz CT molecular complexity index is 2320. The summed E-state index contributed by atoms with van der Waals surface area (Å²) in [6.45, 7) is 8.55. The van der Waals surface area contributed by atoms with Gasteiger partial charge >= 0.3 is 0 Å². The molecular formula is C50H44N2. The molecule has 2 heteroatoms. The molecule has 7 rings (SSSR count). The first-order valence-electron chi connectivity index (χ1n) is 18.0. The fourth-order valence-electron chi connectivity index (χ4n) is 6.77. The van der Waals surface area contributed by atoms with Crippen molar-refractivity contribution >= 4 is 52.4 Å². The first-order valence-corrected chi connectivity index (χ1v) is 18.0. The summed E-state index contributed by atoms with van der Waals surface area (Å²) in [4.78, 5) is 4.65. The molecule has 0 amide bonds. The SMILES string of the molecule is CC=Cc1ccc(N(c2ccccc2)c2ccc(-c3ccc(N(c4ccccc4)c4ccc(C=Cc5cccc(C)c5)c(C)c4)cc3)cc2)cc1C. The van der Waals surface area contributed by atoms with Crippen molar-refractivity contribution in [2.75, 3.05) is 9.80 Å². The normalized spacial score (nSPS) is 11.3. The quantitative estimate of drug-likeness (QED) is 0.133. The van der Waals surface area contributed by atoms with Gasteiger partial charge in [-0.2, -0.15) is 0 Å². The molecule has 0 unspecified atom stereocenters. The summed E-state index contributed by atoms with van der Waals surface area (Å²) in [5, 5.41) is 0. The lowest BCUT2D eigenvalue weighted by atomic mass is 10.0. The maximum atomic E-state index is 2.33. The summed E-state index contributed by atoms with van der Waals surface area (Å²) in [5.41, 5.74) is 16.5. The second-order valence-electron chi connectivity index (χ2n) is 13.3. The number of allylic oxidation sites excluding steroid dienone is 1. The minimum Gasteiger partial charge on any atom is -0.310 e. The van der Waals surface area contributed by atoms with Gasteiger partial charge in [-0.15, -0.1) is 0 Å². The third-order valence-corrected chi connectivity index (χ3v) is 9.48. The van der Waals surface area contributed by atoms with Crippen LogP contribution in [0.4, 0.5) is 34.1 Å². The van der Waals surface area contributed by atoms with Gasteiger partial charge < -0.3 is 9.80 Å². The highest BCUT2D eigenvalue weighted by molar-refractivity contribution is 5.82. The summed E-state index contributed by atoms with van der Waals surface area (Å²) in [6, 6.07) is 61.0. The number of benzene rings is 7. The van der Waals surface area contributed by atoms with Crippen molar-refractivity contribution in [1.29, 1.82) is 0 Å². The molecule has 0 spiro atoms. The van der Waals surface area contributed by atoms with Gasteiger partial charge in [0.05, 0.1) is 0 Å². The molecule has 0 N–H and O–H groups in total. The van der Waals surface area contributed by atoms with E-state index in [1.807, 2.05) is 0 Å². The Kier molecular flexibility index (Phi) is 10.3. The largest absolute Gasteiger partial charge is 0.310 e. The van der Waals surface area contributed by atoms with Gasteiger partial charge in [-0.05, 0) is 139 Å². The van der Waals surface area contributed by atoms with E-state index >= 15 is 0 Å². The van der Waals surface area contributed by atoms with Gasteiger partial charge in [0.2, 0.25) is 0 Å². The molecule has 0 radical (unpaired) electrons. The van der Waals surface area contributed by atoms with E-state index in [0.717, 1.165) is 34.1 Å². The monoisotopic (exact) mass is 672 g/mol. The van der Waals surface area contributed by atoms with E-state index in [4.69, 9.17) is 0 Å². The highest BCUT2D eigenvalue weighted by atomic mass is 15.1. The predicted octanol–water partition coefficient (Wildman–Crippen LogP) is 14.4. The molecule has 0 heterocycles. The van der Waals surface area contributed by atoms with Crippen LogP contribution in [0.25, 0.3) is 29.4 Å². The first-order chi connectivity index (χ1) is 25.5. The number of hydrogen-bond donors (Lipinski definition) is 0. The Morgan fingerprint density at radius 1 is 0.365 bits per heavy atom. The lowest BCUT2D eigenvalue weighted by Crippen LogP contribution is -2.10. The van der Waals surface area contributed by atoms with E-state index in [0.29, 0.717) is 0 Å². The Balaban J connectivity index is 1.17. The van der Waals surface area contributed by atoms with Gasteiger partial charge in [0, 0.05) is 34.1 Å². The summed E-state index contributed by atoms with van der Waals surface area (Å²) in [5.74, 6) is 0. The molecule has 2 nitrogen and oxygen atoms in total. The zero-order valence-corrected chi connectivity index (χ0v) is 30.4. The van der Waals surface area contributed by atoms with Crippen LogP contribution in [-0.4, -0.2) is 0 Å². The molecule has 7 aromatic carbocycles. The van der Waals surface area contributed by atoms with E-state index in [9.17, 15) is 0 Å². The molecule has 0 atom stereocenters. The number of hydrogen-bond acceptors (Lipinski definition) is 2. The number of nitrogens with zero attached hydrogens (tertiary/aromatic N) is 2. The summed E-state index contributed by atoms with van der Waals surface area (Å²) >= 11 is 0. The van der Waals surface area contributed by atoms with Crippen LogP contribution in [0, 0.1) is 20.8 Å². The average Bonchev–Trinajstić information content (AvgIpc) is 3.17. The van der Waals surface area contributed by atoms with E-state index in [2.05, 4.69) is 232 Å². The Hall–Kier alpha value is -6.38. The topological polar surface area (TPSA) is 6.48 Å². The molecule has 7 aromatic rings. The zero-order chi connectivity index (χ0) is 35.9. The molecule has 254 valence electrons. The molecule has 0 saturated carbocycles. The van der Waals surface area contributed by atoms with Crippen molar-refractivity contribution in [2.45, 2.75) is 27.7 Å². The van der Waals surface area contributed by atoms with E-state index in [-0.39, 0.29) is 0 Å². The van der Waals surface area contributed by atoms with Crippen LogP contribution in [0.5, 0.6) is 0 Å². The zero-order valence-electron chi connectivity index (χ0n) is 30.4. The highest BCUT2D eigenvalue weighted by Gasteiger charge is 2.15. The average molecular weight is 673 g/mol. The third kappa shape index (κ3) is 7.67. The van der Waals surface area contributed by atoms with E-state index in [1.54, 1.807) is 0 Å². The van der Waals surface area contributed by atoms with Crippen LogP contribution in [0.15, 0.2) is 176 Å². The molecule has 0 saturated heterocycles. The van der Waals surface area contributed by atoms with Crippen molar-refractivity contribution in [1.82, 2.24) is 0 Å². The van der Waals surface area contributed by atoms with Crippen LogP contribution < -0.4 is 9.80 Å². The lowest BCUT2D eigenvalue weighted by molar-refractivity contribution is 1.26. The highest BCUT2D eigenvalue weighted by Crippen LogP contribution is 2.39. The van der Waals surface area contributed by atoms with Gasteiger partial charge in [0.15, 0.2) is 0 Å². The van der Waals surface area contributed by atoms with Crippen LogP contribution in [0.3, 0.4) is 0 Å². The van der Waals surface area contributed by atoms with Crippen LogP contribution in [0.1, 0.15) is 40.3 Å². The number of anilines is 6. The Labute approximate surface area is 309 Å². The summed E-state index contributed by atoms with van der Waals surface area (Å²) in [6.07, 6.45) is 8.65. The summed E-state index contributed by atoms with van der Waals surface area (Å²) < 4.78 is 0. The van der Waals surface area contributed by atoms with Gasteiger partial charge in [0.25, 0.3) is 0 Å². The van der Waals surface area contributed by atoms with Crippen LogP contribution in [-0.2, 0) is 0 Å². The van der Waals surface area contributed by atoms with Gasteiger partial charge in [-0.3, -0.25) is 0 Å². The van der Waals surface area contributed by atoms with E-state index in [1.165, 1.54) is 44.5 Å². The van der Waals surface area contributed by atoms with Crippen LogP contribution >= 0.6 is 0 Å². The van der Waals surface area contributed by atoms with Gasteiger partial charge in [-0.1, -0.05) is 127 Å². The van der Waals surface area contributed by atoms with Gasteiger partial charge in [0.1, 0.15) is 0 Å². The fourth-order valence-corrected chi connectivity index (χ4v) is 6.77. The molecule has 0 aliphatic rings. The lowest BCUT2D eigenvalue weighted by Gasteiger charge is -2.27. The summed E-state index contributed by atoms with van der Waals surface area (Å²) in [7, 11) is 0. The minimum absolute atomic E-state index is 1.11. The second kappa shape index (κ2) is 15.7. The molecule has 52 heavy (non-hydrogen) atoms. The van der Waals surface area contributed by atoms with Crippen LogP contribution in [0.2, 0.25) is 0 Å². The fraction of sp³-hybridized carbons (Fsp3) is 0.0800. The molecule has 0 aromatic heterocycles. The first kappa shape index (κ1) is 34.1. The maximum Gasteiger partial charge on any atom is 0.0464 e. The smallest absolute Gasteiger partial charge is 0.0464 e. The maximum absolute atomic E-state index is 2.33. The van der Waals surface area contributed by atoms with Gasteiger partial charge in [-0.25, -0.2) is 0 Å². The molecule has 0 aliphatic carbocycles. The standard InChI is InChI=1S/C50H44N2/c1-5-13-41-22-32-49(35-38(41)3)51(45-16-8-6-9-17-45)47-28-24-43(25-29-47)44-26-30-48(31-27-44)52(46-18-10-7-11-19-46)50-33-23-42(39(4)36-50)21-20-40-15-12-14-37(2)34-40/h5-36H,1-4H3. The van der Waals surface area contributed by atoms with E-state index < -0.39 is 0 Å². The minimum atomic E-state index is 1.11. The Morgan fingerprint density at radius 2 is 0.808 bits per heavy atom. The molecule has 0 fully saturated rings. The number of para-hydroxylation sites is 2. The van der Waals surface area contributed by atoms with Crippen molar-refractivity contribution in [3.05, 3.63) is 209 Å². The molecule has 0 aliphatic heterocycles. The number of rotatable bonds is 10.